The normalized spacial score (nSPS) is 12.3. The van der Waals surface area contributed by atoms with Crippen LogP contribution in [0.25, 0.3) is 0 Å². The zero-order chi connectivity index (χ0) is 15.7. The number of hydrogen-bond acceptors (Lipinski definition) is 2. The Labute approximate surface area is 131 Å². The van der Waals surface area contributed by atoms with E-state index in [1.54, 1.807) is 0 Å². The first-order chi connectivity index (χ1) is 10.0. The van der Waals surface area contributed by atoms with Gasteiger partial charge in [-0.15, -0.1) is 0 Å². The molecule has 0 aliphatic carbocycles. The molecule has 0 saturated carbocycles. The van der Waals surface area contributed by atoms with Crippen molar-refractivity contribution in [2.75, 3.05) is 26.7 Å². The van der Waals surface area contributed by atoms with Crippen molar-refractivity contribution in [2.45, 2.75) is 53.0 Å². The van der Waals surface area contributed by atoms with Gasteiger partial charge in [-0.2, -0.15) is 0 Å². The van der Waals surface area contributed by atoms with Crippen molar-refractivity contribution in [3.8, 4) is 0 Å². The van der Waals surface area contributed by atoms with Gasteiger partial charge in [0.25, 0.3) is 0 Å². The van der Waals surface area contributed by atoms with Crippen molar-refractivity contribution in [2.24, 2.45) is 5.41 Å². The standard InChI is InChI=1S/C19H34N2/c1-6-19(7-2,15-20-17(3)4)16-21(5)14-13-18-11-9-8-10-12-18/h8-12,17,20H,6-7,13-16H2,1-5H3. The highest BCUT2D eigenvalue weighted by atomic mass is 15.1. The molecule has 0 aromatic heterocycles. The molecule has 0 aliphatic heterocycles. The van der Waals surface area contributed by atoms with Gasteiger partial charge in [-0.1, -0.05) is 58.0 Å². The molecule has 1 N–H and O–H groups in total. The highest BCUT2D eigenvalue weighted by Gasteiger charge is 2.27. The van der Waals surface area contributed by atoms with Crippen LogP contribution in [0.2, 0.25) is 0 Å². The minimum atomic E-state index is 0.399. The van der Waals surface area contributed by atoms with E-state index in [9.17, 15) is 0 Å². The fraction of sp³-hybridized carbons (Fsp3) is 0.684. The molecule has 1 rings (SSSR count). The quantitative estimate of drug-likeness (QED) is 0.701. The molecule has 1 aromatic rings. The Balaban J connectivity index is 2.49. The van der Waals surface area contributed by atoms with Crippen LogP contribution in [0.4, 0.5) is 0 Å². The monoisotopic (exact) mass is 290 g/mol. The molecule has 120 valence electrons. The predicted octanol–water partition coefficient (Wildman–Crippen LogP) is 3.97. The molecule has 0 heterocycles. The van der Waals surface area contributed by atoms with E-state index in [0.29, 0.717) is 11.5 Å². The van der Waals surface area contributed by atoms with Gasteiger partial charge in [0.1, 0.15) is 0 Å². The summed E-state index contributed by atoms with van der Waals surface area (Å²) in [7, 11) is 2.26. The molecule has 21 heavy (non-hydrogen) atoms. The molecule has 0 bridgehead atoms. The molecule has 0 aliphatic rings. The van der Waals surface area contributed by atoms with E-state index in [1.807, 2.05) is 0 Å². The van der Waals surface area contributed by atoms with Gasteiger partial charge >= 0.3 is 0 Å². The van der Waals surface area contributed by atoms with Gasteiger partial charge in [0.05, 0.1) is 0 Å². The lowest BCUT2D eigenvalue weighted by atomic mass is 9.81. The number of hydrogen-bond donors (Lipinski definition) is 1. The van der Waals surface area contributed by atoms with Crippen LogP contribution in [0.15, 0.2) is 30.3 Å². The molecule has 0 atom stereocenters. The molecule has 0 fully saturated rings. The second-order valence-corrected chi connectivity index (χ2v) is 6.72. The Morgan fingerprint density at radius 1 is 1.10 bits per heavy atom. The first kappa shape index (κ1) is 18.2. The summed E-state index contributed by atoms with van der Waals surface area (Å²) in [4.78, 5) is 2.50. The fourth-order valence-electron chi connectivity index (χ4n) is 2.82. The molecule has 0 saturated heterocycles. The maximum Gasteiger partial charge on any atom is 0.00470 e. The summed E-state index contributed by atoms with van der Waals surface area (Å²) in [5.74, 6) is 0. The van der Waals surface area contributed by atoms with Crippen LogP contribution in [-0.2, 0) is 6.42 Å². The summed E-state index contributed by atoms with van der Waals surface area (Å²) >= 11 is 0. The van der Waals surface area contributed by atoms with E-state index in [4.69, 9.17) is 0 Å². The van der Waals surface area contributed by atoms with Crippen LogP contribution >= 0.6 is 0 Å². The Bertz CT molecular complexity index is 368. The van der Waals surface area contributed by atoms with Crippen molar-refractivity contribution in [3.05, 3.63) is 35.9 Å². The Morgan fingerprint density at radius 2 is 1.71 bits per heavy atom. The van der Waals surface area contributed by atoms with Gasteiger partial charge in [0.15, 0.2) is 0 Å². The average molecular weight is 290 g/mol. The Hall–Kier alpha value is -0.860. The first-order valence-electron chi connectivity index (χ1n) is 8.47. The maximum atomic E-state index is 3.64. The Morgan fingerprint density at radius 3 is 2.24 bits per heavy atom. The Kier molecular flexibility index (Phi) is 7.98. The topological polar surface area (TPSA) is 15.3 Å². The van der Waals surface area contributed by atoms with Gasteiger partial charge in [0.2, 0.25) is 0 Å². The van der Waals surface area contributed by atoms with E-state index in [2.05, 4.69) is 75.3 Å². The third-order valence-corrected chi connectivity index (χ3v) is 4.62. The first-order valence-corrected chi connectivity index (χ1v) is 8.47. The van der Waals surface area contributed by atoms with Crippen LogP contribution in [0.5, 0.6) is 0 Å². The van der Waals surface area contributed by atoms with Gasteiger partial charge in [-0.25, -0.2) is 0 Å². The van der Waals surface area contributed by atoms with Crippen LogP contribution in [0.1, 0.15) is 46.1 Å². The summed E-state index contributed by atoms with van der Waals surface area (Å²) in [6, 6.07) is 11.4. The molecular weight excluding hydrogens is 256 g/mol. The third kappa shape index (κ3) is 6.62. The van der Waals surface area contributed by atoms with E-state index < -0.39 is 0 Å². The molecule has 0 spiro atoms. The van der Waals surface area contributed by atoms with E-state index >= 15 is 0 Å². The van der Waals surface area contributed by atoms with E-state index in [1.165, 1.54) is 24.9 Å². The van der Waals surface area contributed by atoms with Gasteiger partial charge < -0.3 is 10.2 Å². The largest absolute Gasteiger partial charge is 0.314 e. The molecule has 2 nitrogen and oxygen atoms in total. The van der Waals surface area contributed by atoms with E-state index in [-0.39, 0.29) is 0 Å². The fourth-order valence-corrected chi connectivity index (χ4v) is 2.82. The van der Waals surface area contributed by atoms with Crippen molar-refractivity contribution < 1.29 is 0 Å². The summed E-state index contributed by atoms with van der Waals surface area (Å²) < 4.78 is 0. The minimum Gasteiger partial charge on any atom is -0.314 e. The lowest BCUT2D eigenvalue weighted by molar-refractivity contribution is 0.153. The smallest absolute Gasteiger partial charge is 0.00470 e. The average Bonchev–Trinajstić information content (AvgIpc) is 2.50. The van der Waals surface area contributed by atoms with Crippen LogP contribution in [0.3, 0.4) is 0 Å². The highest BCUT2D eigenvalue weighted by Crippen LogP contribution is 2.26. The zero-order valence-corrected chi connectivity index (χ0v) is 14.7. The second kappa shape index (κ2) is 9.22. The number of nitrogens with zero attached hydrogens (tertiary/aromatic N) is 1. The predicted molar refractivity (Wildman–Crippen MR) is 93.8 cm³/mol. The summed E-state index contributed by atoms with van der Waals surface area (Å²) in [5.41, 5.74) is 1.83. The van der Waals surface area contributed by atoms with Crippen LogP contribution in [-0.4, -0.2) is 37.6 Å². The lowest BCUT2D eigenvalue weighted by Crippen LogP contribution is -2.44. The minimum absolute atomic E-state index is 0.399. The van der Waals surface area contributed by atoms with Crippen molar-refractivity contribution in [1.82, 2.24) is 10.2 Å². The van der Waals surface area contributed by atoms with Gasteiger partial charge in [-0.3, -0.25) is 0 Å². The lowest BCUT2D eigenvalue weighted by Gasteiger charge is -2.37. The zero-order valence-electron chi connectivity index (χ0n) is 14.7. The van der Waals surface area contributed by atoms with Crippen LogP contribution in [0, 0.1) is 5.41 Å². The molecule has 1 aromatic carbocycles. The van der Waals surface area contributed by atoms with Crippen LogP contribution < -0.4 is 5.32 Å². The van der Waals surface area contributed by atoms with Crippen molar-refractivity contribution in [1.29, 1.82) is 0 Å². The maximum absolute atomic E-state index is 3.64. The summed E-state index contributed by atoms with van der Waals surface area (Å²) in [6.45, 7) is 12.5. The molecule has 2 heteroatoms. The molecule has 0 amide bonds. The highest BCUT2D eigenvalue weighted by molar-refractivity contribution is 5.14. The van der Waals surface area contributed by atoms with Crippen molar-refractivity contribution in [3.63, 3.8) is 0 Å². The number of nitrogens with one attached hydrogen (secondary N) is 1. The number of benzene rings is 1. The summed E-state index contributed by atoms with van der Waals surface area (Å²) in [5, 5.41) is 3.64. The van der Waals surface area contributed by atoms with Crippen molar-refractivity contribution >= 4 is 0 Å². The van der Waals surface area contributed by atoms with Gasteiger partial charge in [0, 0.05) is 25.7 Å². The van der Waals surface area contributed by atoms with Gasteiger partial charge in [-0.05, 0) is 37.3 Å². The molecule has 0 unspecified atom stereocenters. The molecular formula is C19H34N2. The number of likely N-dealkylation sites (N-methyl/N-ethyl adjacent to an activating group) is 1. The third-order valence-electron chi connectivity index (χ3n) is 4.62. The number of rotatable bonds is 10. The molecule has 0 radical (unpaired) electrons. The van der Waals surface area contributed by atoms with E-state index in [0.717, 1.165) is 19.5 Å². The second-order valence-electron chi connectivity index (χ2n) is 6.72. The summed E-state index contributed by atoms with van der Waals surface area (Å²) in [6.07, 6.45) is 3.61. The SMILES string of the molecule is CCC(CC)(CNC(C)C)CN(C)CCc1ccccc1.